The molecule has 0 atom stereocenters. The highest BCUT2D eigenvalue weighted by molar-refractivity contribution is 5.75. The Bertz CT molecular complexity index is 364. The third-order valence-electron chi connectivity index (χ3n) is 3.67. The predicted octanol–water partition coefficient (Wildman–Crippen LogP) is 1.13. The molecular formula is C14H24N2O5. The predicted molar refractivity (Wildman–Crippen MR) is 75.7 cm³/mol. The molecule has 1 aliphatic carbocycles. The smallest absolute Gasteiger partial charge is 0.314 e. The molecule has 0 aromatic rings. The van der Waals surface area contributed by atoms with Gasteiger partial charge in [-0.3, -0.25) is 9.59 Å². The summed E-state index contributed by atoms with van der Waals surface area (Å²) in [6.45, 7) is 2.86. The van der Waals surface area contributed by atoms with Crippen molar-refractivity contribution >= 4 is 18.0 Å². The van der Waals surface area contributed by atoms with Gasteiger partial charge in [0.05, 0.1) is 18.9 Å². The van der Waals surface area contributed by atoms with E-state index in [0.717, 1.165) is 12.8 Å². The highest BCUT2D eigenvalue weighted by Crippen LogP contribution is 2.28. The second-order valence-electron chi connectivity index (χ2n) is 5.25. The largest absolute Gasteiger partial charge is 0.481 e. The summed E-state index contributed by atoms with van der Waals surface area (Å²) in [6.07, 6.45) is 3.14. The fraction of sp³-hybridized carbons (Fsp3) is 0.786. The standard InChI is InChI=1S/C14H24N2O5/c1-2-21-12(17)7-8-15-14(20)16-9-10-3-5-11(6-4-10)13(18)19/h10-11H,2-9H2,1H3,(H,18,19)(H2,15,16,20). The van der Waals surface area contributed by atoms with Gasteiger partial charge in [0.1, 0.15) is 0 Å². The Labute approximate surface area is 124 Å². The summed E-state index contributed by atoms with van der Waals surface area (Å²) < 4.78 is 4.75. The quantitative estimate of drug-likeness (QED) is 0.611. The molecule has 0 spiro atoms. The molecule has 21 heavy (non-hydrogen) atoms. The van der Waals surface area contributed by atoms with Crippen LogP contribution in [0.25, 0.3) is 0 Å². The summed E-state index contributed by atoms with van der Waals surface area (Å²) in [5.74, 6) is -0.959. The Kier molecular flexibility index (Phi) is 7.56. The number of hydrogen-bond donors (Lipinski definition) is 3. The van der Waals surface area contributed by atoms with Crippen LogP contribution in [0.5, 0.6) is 0 Å². The van der Waals surface area contributed by atoms with E-state index in [1.807, 2.05) is 0 Å². The van der Waals surface area contributed by atoms with Crippen LogP contribution in [0.2, 0.25) is 0 Å². The SMILES string of the molecule is CCOC(=O)CCNC(=O)NCC1CCC(C(=O)O)CC1. The molecule has 7 heteroatoms. The third kappa shape index (κ3) is 6.97. The van der Waals surface area contributed by atoms with Crippen molar-refractivity contribution in [2.45, 2.75) is 39.0 Å². The molecule has 2 amide bonds. The van der Waals surface area contributed by atoms with Crippen molar-refractivity contribution in [1.82, 2.24) is 10.6 Å². The van der Waals surface area contributed by atoms with Crippen molar-refractivity contribution < 1.29 is 24.2 Å². The first kappa shape index (κ1) is 17.3. The molecule has 0 unspecified atom stereocenters. The van der Waals surface area contributed by atoms with Gasteiger partial charge in [-0.1, -0.05) is 0 Å². The van der Waals surface area contributed by atoms with E-state index in [1.165, 1.54) is 0 Å². The van der Waals surface area contributed by atoms with Crippen molar-refractivity contribution in [2.24, 2.45) is 11.8 Å². The van der Waals surface area contributed by atoms with E-state index in [0.29, 0.717) is 31.9 Å². The van der Waals surface area contributed by atoms with Crippen LogP contribution in [0.3, 0.4) is 0 Å². The number of amides is 2. The Morgan fingerprint density at radius 1 is 1.14 bits per heavy atom. The van der Waals surface area contributed by atoms with Crippen molar-refractivity contribution in [3.05, 3.63) is 0 Å². The molecule has 0 aliphatic heterocycles. The number of esters is 1. The maximum Gasteiger partial charge on any atom is 0.314 e. The van der Waals surface area contributed by atoms with E-state index in [9.17, 15) is 14.4 Å². The lowest BCUT2D eigenvalue weighted by molar-refractivity contribution is -0.144. The van der Waals surface area contributed by atoms with E-state index in [1.54, 1.807) is 6.92 Å². The highest BCUT2D eigenvalue weighted by Gasteiger charge is 2.25. The molecule has 1 aliphatic rings. The van der Waals surface area contributed by atoms with Crippen molar-refractivity contribution in [2.75, 3.05) is 19.7 Å². The average molecular weight is 300 g/mol. The number of carbonyl (C=O) groups is 3. The lowest BCUT2D eigenvalue weighted by atomic mass is 9.82. The van der Waals surface area contributed by atoms with Crippen LogP contribution >= 0.6 is 0 Å². The molecule has 120 valence electrons. The minimum absolute atomic E-state index is 0.158. The van der Waals surface area contributed by atoms with Gasteiger partial charge in [0.15, 0.2) is 0 Å². The molecule has 0 bridgehead atoms. The molecule has 0 saturated heterocycles. The number of carboxylic acids is 1. The van der Waals surface area contributed by atoms with Crippen molar-refractivity contribution in [1.29, 1.82) is 0 Å². The van der Waals surface area contributed by atoms with Crippen molar-refractivity contribution in [3.63, 3.8) is 0 Å². The fourth-order valence-corrected chi connectivity index (χ4v) is 2.42. The summed E-state index contributed by atoms with van der Waals surface area (Å²) in [7, 11) is 0. The lowest BCUT2D eigenvalue weighted by Crippen LogP contribution is -2.40. The van der Waals surface area contributed by atoms with Crippen molar-refractivity contribution in [3.8, 4) is 0 Å². The molecule has 0 radical (unpaired) electrons. The van der Waals surface area contributed by atoms with Crippen LogP contribution in [0.1, 0.15) is 39.0 Å². The van der Waals surface area contributed by atoms with Crippen LogP contribution in [0.15, 0.2) is 0 Å². The number of aliphatic carboxylic acids is 1. The Morgan fingerprint density at radius 2 is 1.81 bits per heavy atom. The van der Waals surface area contributed by atoms with Gasteiger partial charge < -0.3 is 20.5 Å². The fourth-order valence-electron chi connectivity index (χ4n) is 2.42. The summed E-state index contributed by atoms with van der Waals surface area (Å²) in [5, 5.41) is 14.3. The second-order valence-corrected chi connectivity index (χ2v) is 5.25. The molecule has 0 aromatic heterocycles. The van der Waals surface area contributed by atoms with Gasteiger partial charge >= 0.3 is 18.0 Å². The zero-order valence-electron chi connectivity index (χ0n) is 12.4. The van der Waals surface area contributed by atoms with E-state index < -0.39 is 5.97 Å². The molecule has 1 saturated carbocycles. The van der Waals surface area contributed by atoms with E-state index >= 15 is 0 Å². The van der Waals surface area contributed by atoms with Gasteiger partial charge in [-0.05, 0) is 38.5 Å². The van der Waals surface area contributed by atoms with Gasteiger partial charge in [0.25, 0.3) is 0 Å². The number of carbonyl (C=O) groups excluding carboxylic acids is 2. The first-order valence-electron chi connectivity index (χ1n) is 7.43. The molecule has 1 fully saturated rings. The van der Waals surface area contributed by atoms with E-state index in [-0.39, 0.29) is 30.9 Å². The number of urea groups is 1. The van der Waals surface area contributed by atoms with Crippen LogP contribution in [0.4, 0.5) is 4.79 Å². The minimum atomic E-state index is -0.724. The summed E-state index contributed by atoms with van der Waals surface area (Å²) in [5.41, 5.74) is 0. The summed E-state index contributed by atoms with van der Waals surface area (Å²) >= 11 is 0. The molecule has 3 N–H and O–H groups in total. The van der Waals surface area contributed by atoms with Crippen LogP contribution in [-0.2, 0) is 14.3 Å². The topological polar surface area (TPSA) is 105 Å². The van der Waals surface area contributed by atoms with Gasteiger partial charge in [-0.25, -0.2) is 4.79 Å². The number of ether oxygens (including phenoxy) is 1. The first-order chi connectivity index (χ1) is 10.0. The minimum Gasteiger partial charge on any atom is -0.481 e. The molecule has 7 nitrogen and oxygen atoms in total. The van der Waals surface area contributed by atoms with Gasteiger partial charge in [-0.15, -0.1) is 0 Å². The average Bonchev–Trinajstić information content (AvgIpc) is 2.46. The normalized spacial score (nSPS) is 21.4. The Balaban J connectivity index is 2.08. The molecule has 1 rings (SSSR count). The number of rotatable bonds is 7. The second kappa shape index (κ2) is 9.20. The molecular weight excluding hydrogens is 276 g/mol. The first-order valence-corrected chi connectivity index (χ1v) is 7.43. The zero-order chi connectivity index (χ0) is 15.7. The third-order valence-corrected chi connectivity index (χ3v) is 3.67. The number of nitrogens with one attached hydrogen (secondary N) is 2. The summed E-state index contributed by atoms with van der Waals surface area (Å²) in [4.78, 5) is 33.4. The number of hydrogen-bond acceptors (Lipinski definition) is 4. The van der Waals surface area contributed by atoms with Crippen LogP contribution in [-0.4, -0.2) is 42.8 Å². The Hall–Kier alpha value is -1.79. The highest BCUT2D eigenvalue weighted by atomic mass is 16.5. The lowest BCUT2D eigenvalue weighted by Gasteiger charge is -2.26. The monoisotopic (exact) mass is 300 g/mol. The van der Waals surface area contributed by atoms with E-state index in [2.05, 4.69) is 10.6 Å². The van der Waals surface area contributed by atoms with Gasteiger partial charge in [-0.2, -0.15) is 0 Å². The van der Waals surface area contributed by atoms with Gasteiger partial charge in [0.2, 0.25) is 0 Å². The van der Waals surface area contributed by atoms with Gasteiger partial charge in [0, 0.05) is 13.1 Å². The zero-order valence-corrected chi connectivity index (χ0v) is 12.4. The number of carboxylic acid groups (broad SMARTS) is 1. The summed E-state index contributed by atoms with van der Waals surface area (Å²) in [6, 6.07) is -0.306. The van der Waals surface area contributed by atoms with Crippen LogP contribution in [0, 0.1) is 11.8 Å². The molecule has 0 heterocycles. The molecule has 0 aromatic carbocycles. The maximum atomic E-state index is 11.5. The van der Waals surface area contributed by atoms with E-state index in [4.69, 9.17) is 9.84 Å². The Morgan fingerprint density at radius 3 is 2.38 bits per heavy atom. The van der Waals surface area contributed by atoms with Crippen LogP contribution < -0.4 is 10.6 Å². The maximum absolute atomic E-state index is 11.5.